The fourth-order valence-corrected chi connectivity index (χ4v) is 4.55. The lowest BCUT2D eigenvalue weighted by Gasteiger charge is -2.27. The smallest absolute Gasteiger partial charge is 0.264 e. The van der Waals surface area contributed by atoms with Gasteiger partial charge in [-0.1, -0.05) is 67.6 Å². The molecule has 3 aromatic carbocycles. The van der Waals surface area contributed by atoms with Gasteiger partial charge in [0, 0.05) is 6.04 Å². The lowest BCUT2D eigenvalue weighted by atomic mass is 10.1. The van der Waals surface area contributed by atoms with Crippen molar-refractivity contribution in [2.45, 2.75) is 37.8 Å². The number of amides is 1. The van der Waals surface area contributed by atoms with Crippen LogP contribution in [0, 0.1) is 0 Å². The van der Waals surface area contributed by atoms with E-state index in [1.165, 1.54) is 4.31 Å². The molecule has 30 heavy (non-hydrogen) atoms. The molecule has 0 radical (unpaired) electrons. The fourth-order valence-electron chi connectivity index (χ4n) is 3.06. The lowest BCUT2D eigenvalue weighted by molar-refractivity contribution is 0.0940. The van der Waals surface area contributed by atoms with Crippen molar-refractivity contribution in [2.75, 3.05) is 4.31 Å². The second kappa shape index (κ2) is 9.59. The van der Waals surface area contributed by atoms with Crippen LogP contribution in [0.5, 0.6) is 0 Å². The molecule has 0 bridgehead atoms. The van der Waals surface area contributed by atoms with E-state index in [-0.39, 0.29) is 23.4 Å². The van der Waals surface area contributed by atoms with Crippen LogP contribution in [0.25, 0.3) is 0 Å². The van der Waals surface area contributed by atoms with E-state index >= 15 is 0 Å². The van der Waals surface area contributed by atoms with Gasteiger partial charge in [0.15, 0.2) is 0 Å². The molecule has 5 nitrogen and oxygen atoms in total. The molecule has 3 aromatic rings. The molecule has 0 saturated heterocycles. The van der Waals surface area contributed by atoms with E-state index in [2.05, 4.69) is 5.32 Å². The van der Waals surface area contributed by atoms with Gasteiger partial charge in [0.2, 0.25) is 0 Å². The van der Waals surface area contributed by atoms with Crippen molar-refractivity contribution in [1.29, 1.82) is 0 Å². The molecule has 6 heteroatoms. The van der Waals surface area contributed by atoms with E-state index in [0.29, 0.717) is 11.3 Å². The number of hydrogen-bond acceptors (Lipinski definition) is 3. The summed E-state index contributed by atoms with van der Waals surface area (Å²) in [5.74, 6) is -0.290. The highest BCUT2D eigenvalue weighted by Gasteiger charge is 2.28. The van der Waals surface area contributed by atoms with E-state index in [9.17, 15) is 13.2 Å². The molecular weight excluding hydrogens is 396 g/mol. The van der Waals surface area contributed by atoms with Crippen LogP contribution in [0.4, 0.5) is 5.69 Å². The fraction of sp³-hybridized carbons (Fsp3) is 0.208. The summed E-state index contributed by atoms with van der Waals surface area (Å²) in [6.07, 6.45) is 0.782. The summed E-state index contributed by atoms with van der Waals surface area (Å²) in [7, 11) is -3.89. The van der Waals surface area contributed by atoms with Crippen molar-refractivity contribution < 1.29 is 13.2 Å². The first-order valence-corrected chi connectivity index (χ1v) is 11.4. The minimum atomic E-state index is -3.89. The monoisotopic (exact) mass is 422 g/mol. The van der Waals surface area contributed by atoms with Crippen LogP contribution in [0.1, 0.15) is 36.2 Å². The Hall–Kier alpha value is -3.12. The molecule has 0 aromatic heterocycles. The number of carbonyl (C=O) groups is 1. The Morgan fingerprint density at radius 1 is 0.900 bits per heavy atom. The van der Waals surface area contributed by atoms with E-state index in [1.807, 2.05) is 44.2 Å². The maximum atomic E-state index is 13.6. The summed E-state index contributed by atoms with van der Waals surface area (Å²) >= 11 is 0. The summed E-state index contributed by atoms with van der Waals surface area (Å²) in [6, 6.07) is 24.4. The van der Waals surface area contributed by atoms with Crippen LogP contribution in [0.2, 0.25) is 0 Å². The van der Waals surface area contributed by atoms with Crippen molar-refractivity contribution in [2.24, 2.45) is 0 Å². The van der Waals surface area contributed by atoms with Crippen LogP contribution in [-0.4, -0.2) is 20.4 Å². The van der Waals surface area contributed by atoms with Gasteiger partial charge in [-0.2, -0.15) is 0 Å². The Morgan fingerprint density at radius 2 is 1.47 bits per heavy atom. The second-order valence-corrected chi connectivity index (χ2v) is 8.97. The molecule has 0 aliphatic heterocycles. The normalized spacial score (nSPS) is 12.2. The highest BCUT2D eigenvalue weighted by Crippen LogP contribution is 2.29. The molecule has 3 rings (SSSR count). The van der Waals surface area contributed by atoms with Gasteiger partial charge in [-0.25, -0.2) is 8.42 Å². The topological polar surface area (TPSA) is 66.5 Å². The molecule has 1 atom stereocenters. The molecule has 0 heterocycles. The Balaban J connectivity index is 2.11. The van der Waals surface area contributed by atoms with Crippen molar-refractivity contribution in [3.8, 4) is 0 Å². The Bertz CT molecular complexity index is 1080. The number of rotatable bonds is 8. The molecule has 156 valence electrons. The maximum absolute atomic E-state index is 13.6. The number of anilines is 1. The zero-order valence-corrected chi connectivity index (χ0v) is 18.0. The number of para-hydroxylation sites is 1. The zero-order chi connectivity index (χ0) is 21.6. The maximum Gasteiger partial charge on any atom is 0.264 e. The Labute approximate surface area is 178 Å². The molecule has 0 aliphatic rings. The van der Waals surface area contributed by atoms with E-state index in [0.717, 1.165) is 12.0 Å². The first kappa shape index (κ1) is 21.6. The predicted octanol–water partition coefficient (Wildman–Crippen LogP) is 4.61. The van der Waals surface area contributed by atoms with Crippen molar-refractivity contribution in [1.82, 2.24) is 5.32 Å². The summed E-state index contributed by atoms with van der Waals surface area (Å²) < 4.78 is 28.5. The standard InChI is InChI=1S/C24H26N2O3S/c1-3-19(2)25-24(27)22-16-10-11-17-23(22)26(18-20-12-6-4-7-13-20)30(28,29)21-14-8-5-9-15-21/h4-17,19H,3,18H2,1-2H3,(H,25,27)/t19-/m1/s1. The molecule has 0 fully saturated rings. The third-order valence-corrected chi connectivity index (χ3v) is 6.68. The molecule has 1 amide bonds. The minimum absolute atomic E-state index is 0.0149. The van der Waals surface area contributed by atoms with E-state index < -0.39 is 10.0 Å². The number of sulfonamides is 1. The summed E-state index contributed by atoms with van der Waals surface area (Å²) in [6.45, 7) is 4.02. The van der Waals surface area contributed by atoms with Crippen LogP contribution in [0.3, 0.4) is 0 Å². The molecule has 1 N–H and O–H groups in total. The number of carbonyl (C=O) groups excluding carboxylic acids is 1. The third kappa shape index (κ3) is 4.89. The molecule has 0 aliphatic carbocycles. The van der Waals surface area contributed by atoms with Crippen LogP contribution < -0.4 is 9.62 Å². The predicted molar refractivity (Wildman–Crippen MR) is 120 cm³/mol. The van der Waals surface area contributed by atoms with Gasteiger partial charge in [0.25, 0.3) is 15.9 Å². The van der Waals surface area contributed by atoms with Gasteiger partial charge in [0.1, 0.15) is 0 Å². The van der Waals surface area contributed by atoms with Crippen molar-refractivity contribution in [3.63, 3.8) is 0 Å². The largest absolute Gasteiger partial charge is 0.350 e. The van der Waals surface area contributed by atoms with Crippen LogP contribution in [-0.2, 0) is 16.6 Å². The van der Waals surface area contributed by atoms with E-state index in [1.54, 1.807) is 54.6 Å². The van der Waals surface area contributed by atoms with Gasteiger partial charge in [-0.15, -0.1) is 0 Å². The van der Waals surface area contributed by atoms with Gasteiger partial charge >= 0.3 is 0 Å². The average Bonchev–Trinajstić information content (AvgIpc) is 2.78. The molecular formula is C24H26N2O3S. The highest BCUT2D eigenvalue weighted by atomic mass is 32.2. The van der Waals surface area contributed by atoms with Crippen LogP contribution >= 0.6 is 0 Å². The average molecular weight is 423 g/mol. The number of nitrogens with one attached hydrogen (secondary N) is 1. The molecule has 0 saturated carbocycles. The Morgan fingerprint density at radius 3 is 2.10 bits per heavy atom. The molecule has 0 spiro atoms. The Kier molecular flexibility index (Phi) is 6.90. The van der Waals surface area contributed by atoms with E-state index in [4.69, 9.17) is 0 Å². The van der Waals surface area contributed by atoms with Crippen LogP contribution in [0.15, 0.2) is 89.8 Å². The lowest BCUT2D eigenvalue weighted by Crippen LogP contribution is -2.36. The molecule has 0 unspecified atom stereocenters. The minimum Gasteiger partial charge on any atom is -0.350 e. The number of hydrogen-bond donors (Lipinski definition) is 1. The van der Waals surface area contributed by atoms with Gasteiger partial charge in [0.05, 0.1) is 22.7 Å². The SMILES string of the molecule is CC[C@@H](C)NC(=O)c1ccccc1N(Cc1ccccc1)S(=O)(=O)c1ccccc1. The first-order valence-electron chi connectivity index (χ1n) is 9.95. The highest BCUT2D eigenvalue weighted by molar-refractivity contribution is 7.92. The summed E-state index contributed by atoms with van der Waals surface area (Å²) in [5.41, 5.74) is 1.51. The van der Waals surface area contributed by atoms with Gasteiger partial charge < -0.3 is 5.32 Å². The van der Waals surface area contributed by atoms with Gasteiger partial charge in [-0.3, -0.25) is 9.10 Å². The third-order valence-electron chi connectivity index (χ3n) is 4.91. The number of benzene rings is 3. The van der Waals surface area contributed by atoms with Gasteiger partial charge in [-0.05, 0) is 43.2 Å². The first-order chi connectivity index (χ1) is 14.4. The van der Waals surface area contributed by atoms with Crippen molar-refractivity contribution in [3.05, 3.63) is 96.1 Å². The quantitative estimate of drug-likeness (QED) is 0.576. The summed E-state index contributed by atoms with van der Waals surface area (Å²) in [4.78, 5) is 13.1. The number of nitrogens with zero attached hydrogens (tertiary/aromatic N) is 1. The summed E-state index contributed by atoms with van der Waals surface area (Å²) in [5, 5.41) is 2.94. The zero-order valence-electron chi connectivity index (χ0n) is 17.2. The second-order valence-electron chi connectivity index (χ2n) is 7.11. The van der Waals surface area contributed by atoms with Crippen molar-refractivity contribution >= 4 is 21.6 Å².